The van der Waals surface area contributed by atoms with Gasteiger partial charge in [-0.1, -0.05) is 17.7 Å². The highest BCUT2D eigenvalue weighted by atomic mass is 35.5. The number of aromatic nitrogens is 2. The smallest absolute Gasteiger partial charge is 0.0729 e. The zero-order chi connectivity index (χ0) is 13.1. The molecule has 2 heterocycles. The highest BCUT2D eigenvalue weighted by molar-refractivity contribution is 6.30. The molecule has 0 N–H and O–H groups in total. The van der Waals surface area contributed by atoms with E-state index in [0.29, 0.717) is 0 Å². The number of rotatable bonds is 2. The van der Waals surface area contributed by atoms with Crippen LogP contribution in [0.2, 0.25) is 5.02 Å². The molecule has 0 radical (unpaired) electrons. The van der Waals surface area contributed by atoms with Gasteiger partial charge in [-0.25, -0.2) is 0 Å². The summed E-state index contributed by atoms with van der Waals surface area (Å²) in [6, 6.07) is 10.0. The minimum Gasteiger partial charge on any atom is -0.368 e. The molecule has 0 aliphatic carbocycles. The molecule has 3 rings (SSSR count). The summed E-state index contributed by atoms with van der Waals surface area (Å²) in [5.74, 6) is 0. The van der Waals surface area contributed by atoms with E-state index in [9.17, 15) is 0 Å². The van der Waals surface area contributed by atoms with Gasteiger partial charge in [-0.2, -0.15) is 10.2 Å². The van der Waals surface area contributed by atoms with Crippen LogP contribution >= 0.6 is 11.6 Å². The van der Waals surface area contributed by atoms with Crippen molar-refractivity contribution in [3.8, 4) is 0 Å². The monoisotopic (exact) mass is 274 g/mol. The number of anilines is 2. The van der Waals surface area contributed by atoms with Gasteiger partial charge in [-0.3, -0.25) is 0 Å². The first-order chi connectivity index (χ1) is 9.33. The van der Waals surface area contributed by atoms with Gasteiger partial charge in [0.05, 0.1) is 18.1 Å². The van der Waals surface area contributed by atoms with Crippen molar-refractivity contribution in [3.05, 3.63) is 47.7 Å². The predicted octanol–water partition coefficient (Wildman–Crippen LogP) is 2.46. The molecular weight excluding hydrogens is 260 g/mol. The van der Waals surface area contributed by atoms with Crippen LogP contribution in [0, 0.1) is 0 Å². The average Bonchev–Trinajstić information content (AvgIpc) is 2.48. The van der Waals surface area contributed by atoms with Gasteiger partial charge in [-0.15, -0.1) is 0 Å². The largest absolute Gasteiger partial charge is 0.368 e. The molecule has 1 fully saturated rings. The molecule has 5 heteroatoms. The lowest BCUT2D eigenvalue weighted by Gasteiger charge is -2.37. The van der Waals surface area contributed by atoms with Crippen LogP contribution in [0.1, 0.15) is 0 Å². The van der Waals surface area contributed by atoms with E-state index in [0.717, 1.165) is 36.9 Å². The highest BCUT2D eigenvalue weighted by Crippen LogP contribution is 2.22. The second kappa shape index (κ2) is 5.45. The minimum absolute atomic E-state index is 0.790. The lowest BCUT2D eigenvalue weighted by Crippen LogP contribution is -2.46. The summed E-state index contributed by atoms with van der Waals surface area (Å²) < 4.78 is 0. The summed E-state index contributed by atoms with van der Waals surface area (Å²) in [6.45, 7) is 3.95. The van der Waals surface area contributed by atoms with Crippen LogP contribution in [0.25, 0.3) is 0 Å². The Bertz CT molecular complexity index is 538. The van der Waals surface area contributed by atoms with Crippen molar-refractivity contribution < 1.29 is 0 Å². The first-order valence-corrected chi connectivity index (χ1v) is 6.73. The number of hydrogen-bond acceptors (Lipinski definition) is 4. The molecule has 2 aromatic rings. The Hall–Kier alpha value is -1.81. The van der Waals surface area contributed by atoms with Gasteiger partial charge in [0.1, 0.15) is 0 Å². The van der Waals surface area contributed by atoms with Crippen LogP contribution in [-0.4, -0.2) is 36.4 Å². The van der Waals surface area contributed by atoms with Gasteiger partial charge in [0.25, 0.3) is 0 Å². The lowest BCUT2D eigenvalue weighted by molar-refractivity contribution is 0.652. The number of nitrogens with zero attached hydrogens (tertiary/aromatic N) is 4. The summed E-state index contributed by atoms with van der Waals surface area (Å²) in [5.41, 5.74) is 2.33. The van der Waals surface area contributed by atoms with E-state index in [4.69, 9.17) is 11.6 Å². The quantitative estimate of drug-likeness (QED) is 0.842. The van der Waals surface area contributed by atoms with Crippen molar-refractivity contribution in [3.63, 3.8) is 0 Å². The van der Waals surface area contributed by atoms with Gasteiger partial charge in [0.15, 0.2) is 0 Å². The molecule has 1 saturated heterocycles. The second-order valence-corrected chi connectivity index (χ2v) is 4.99. The molecule has 0 saturated carbocycles. The molecule has 1 aromatic heterocycles. The molecule has 0 unspecified atom stereocenters. The van der Waals surface area contributed by atoms with Gasteiger partial charge in [0.2, 0.25) is 0 Å². The molecule has 98 valence electrons. The van der Waals surface area contributed by atoms with E-state index < -0.39 is 0 Å². The van der Waals surface area contributed by atoms with Crippen LogP contribution in [0.3, 0.4) is 0 Å². The Balaban J connectivity index is 1.67. The zero-order valence-corrected chi connectivity index (χ0v) is 11.3. The first kappa shape index (κ1) is 12.2. The van der Waals surface area contributed by atoms with Crippen LogP contribution < -0.4 is 9.80 Å². The Kier molecular flexibility index (Phi) is 3.51. The Morgan fingerprint density at radius 3 is 2.26 bits per heavy atom. The highest BCUT2D eigenvalue weighted by Gasteiger charge is 2.17. The molecule has 1 aliphatic heterocycles. The molecule has 1 aliphatic rings. The SMILES string of the molecule is Clc1cccc(N2CCN(c3ccnnc3)CC2)c1. The summed E-state index contributed by atoms with van der Waals surface area (Å²) in [5, 5.41) is 8.53. The zero-order valence-electron chi connectivity index (χ0n) is 10.5. The molecule has 0 amide bonds. The third-order valence-corrected chi connectivity index (χ3v) is 3.62. The fraction of sp³-hybridized carbons (Fsp3) is 0.286. The van der Waals surface area contributed by atoms with E-state index in [1.807, 2.05) is 30.5 Å². The fourth-order valence-corrected chi connectivity index (χ4v) is 2.55. The van der Waals surface area contributed by atoms with Gasteiger partial charge < -0.3 is 9.80 Å². The Morgan fingerprint density at radius 1 is 0.895 bits per heavy atom. The number of piperazine rings is 1. The van der Waals surface area contributed by atoms with Crippen LogP contribution in [0.15, 0.2) is 42.7 Å². The van der Waals surface area contributed by atoms with Crippen LogP contribution in [0.5, 0.6) is 0 Å². The van der Waals surface area contributed by atoms with E-state index in [1.165, 1.54) is 5.69 Å². The van der Waals surface area contributed by atoms with Crippen molar-refractivity contribution in [2.75, 3.05) is 36.0 Å². The maximum atomic E-state index is 6.04. The third kappa shape index (κ3) is 2.79. The molecule has 4 nitrogen and oxygen atoms in total. The standard InChI is InChI=1S/C14H15ClN4/c15-12-2-1-3-13(10-12)18-6-8-19(9-7-18)14-4-5-16-17-11-14/h1-5,10-11H,6-9H2. The van der Waals surface area contributed by atoms with Gasteiger partial charge >= 0.3 is 0 Å². The van der Waals surface area contributed by atoms with Crippen molar-refractivity contribution in [1.29, 1.82) is 0 Å². The topological polar surface area (TPSA) is 32.3 Å². The summed E-state index contributed by atoms with van der Waals surface area (Å²) in [6.07, 6.45) is 3.55. The molecule has 0 atom stereocenters. The summed E-state index contributed by atoms with van der Waals surface area (Å²) >= 11 is 6.04. The van der Waals surface area contributed by atoms with Crippen molar-refractivity contribution in [1.82, 2.24) is 10.2 Å². The fourth-order valence-electron chi connectivity index (χ4n) is 2.37. The number of hydrogen-bond donors (Lipinski definition) is 0. The van der Waals surface area contributed by atoms with Crippen molar-refractivity contribution in [2.24, 2.45) is 0 Å². The lowest BCUT2D eigenvalue weighted by atomic mass is 10.2. The Labute approximate surface area is 117 Å². The maximum Gasteiger partial charge on any atom is 0.0729 e. The van der Waals surface area contributed by atoms with E-state index in [2.05, 4.69) is 26.1 Å². The summed E-state index contributed by atoms with van der Waals surface area (Å²) in [7, 11) is 0. The average molecular weight is 275 g/mol. The van der Waals surface area contributed by atoms with Gasteiger partial charge in [-0.05, 0) is 24.3 Å². The minimum atomic E-state index is 0.790. The molecule has 0 spiro atoms. The third-order valence-electron chi connectivity index (χ3n) is 3.39. The van der Waals surface area contributed by atoms with Crippen molar-refractivity contribution >= 4 is 23.0 Å². The normalized spacial score (nSPS) is 15.6. The number of halogens is 1. The van der Waals surface area contributed by atoms with E-state index in [1.54, 1.807) is 6.20 Å². The van der Waals surface area contributed by atoms with Crippen LogP contribution in [-0.2, 0) is 0 Å². The molecule has 1 aromatic carbocycles. The maximum absolute atomic E-state index is 6.04. The predicted molar refractivity (Wildman–Crippen MR) is 77.9 cm³/mol. The van der Waals surface area contributed by atoms with Crippen LogP contribution in [0.4, 0.5) is 11.4 Å². The second-order valence-electron chi connectivity index (χ2n) is 4.55. The van der Waals surface area contributed by atoms with Gasteiger partial charge in [0, 0.05) is 36.9 Å². The number of benzene rings is 1. The summed E-state index contributed by atoms with van der Waals surface area (Å²) in [4.78, 5) is 4.69. The van der Waals surface area contributed by atoms with E-state index >= 15 is 0 Å². The van der Waals surface area contributed by atoms with Crippen molar-refractivity contribution in [2.45, 2.75) is 0 Å². The molecule has 19 heavy (non-hydrogen) atoms. The Morgan fingerprint density at radius 2 is 1.63 bits per heavy atom. The first-order valence-electron chi connectivity index (χ1n) is 6.35. The molecular formula is C14H15ClN4. The molecule has 0 bridgehead atoms. The van der Waals surface area contributed by atoms with E-state index in [-0.39, 0.29) is 0 Å².